The first-order valence-electron chi connectivity index (χ1n) is 7.65. The van der Waals surface area contributed by atoms with Crippen molar-refractivity contribution in [3.8, 4) is 5.75 Å². The van der Waals surface area contributed by atoms with Gasteiger partial charge in [-0.2, -0.15) is 0 Å². The molecule has 1 aliphatic rings. The first-order chi connectivity index (χ1) is 12.1. The molecular formula is C19H14FNO4. The van der Waals surface area contributed by atoms with Crippen LogP contribution >= 0.6 is 0 Å². The summed E-state index contributed by atoms with van der Waals surface area (Å²) in [6, 6.07) is 12.6. The Hall–Kier alpha value is -3.28. The molecule has 126 valence electrons. The molecule has 3 rings (SSSR count). The summed E-state index contributed by atoms with van der Waals surface area (Å²) in [5, 5.41) is 0. The molecular weight excluding hydrogens is 325 g/mol. The average molecular weight is 339 g/mol. The molecule has 0 aromatic heterocycles. The van der Waals surface area contributed by atoms with E-state index in [1.165, 1.54) is 24.3 Å². The van der Waals surface area contributed by atoms with Crippen molar-refractivity contribution < 1.29 is 23.5 Å². The van der Waals surface area contributed by atoms with Crippen molar-refractivity contribution >= 4 is 23.9 Å². The van der Waals surface area contributed by atoms with Crippen LogP contribution in [-0.4, -0.2) is 17.8 Å². The lowest BCUT2D eigenvalue weighted by Crippen LogP contribution is -2.07. The van der Waals surface area contributed by atoms with Crippen molar-refractivity contribution in [1.29, 1.82) is 0 Å². The second kappa shape index (κ2) is 7.09. The summed E-state index contributed by atoms with van der Waals surface area (Å²) in [6.07, 6.45) is 1.74. The Balaban J connectivity index is 1.88. The molecule has 0 atom stereocenters. The van der Waals surface area contributed by atoms with Crippen molar-refractivity contribution in [3.63, 3.8) is 0 Å². The van der Waals surface area contributed by atoms with Crippen molar-refractivity contribution in [2.75, 3.05) is 0 Å². The SMILES string of the molecule is CCC(=O)Oc1cccc(/C=C2\N=C(c3ccccc3F)OC2=O)c1. The lowest BCUT2D eigenvalue weighted by atomic mass is 10.2. The van der Waals surface area contributed by atoms with E-state index in [-0.39, 0.29) is 29.5 Å². The van der Waals surface area contributed by atoms with Crippen molar-refractivity contribution in [3.05, 3.63) is 71.2 Å². The molecule has 0 aliphatic carbocycles. The van der Waals surface area contributed by atoms with E-state index >= 15 is 0 Å². The number of cyclic esters (lactones) is 1. The molecule has 0 fully saturated rings. The van der Waals surface area contributed by atoms with Gasteiger partial charge in [-0.25, -0.2) is 14.2 Å². The van der Waals surface area contributed by atoms with E-state index in [2.05, 4.69) is 4.99 Å². The maximum atomic E-state index is 13.8. The standard InChI is InChI=1S/C19H14FNO4/c1-2-17(22)24-13-7-5-6-12(10-13)11-16-19(23)25-18(21-16)14-8-3-4-9-15(14)20/h3-11H,2H2,1H3/b16-11-. The zero-order chi connectivity index (χ0) is 17.8. The molecule has 0 saturated carbocycles. The molecule has 1 aliphatic heterocycles. The third-order valence-electron chi connectivity index (χ3n) is 3.41. The largest absolute Gasteiger partial charge is 0.427 e. The van der Waals surface area contributed by atoms with Gasteiger partial charge in [0, 0.05) is 6.42 Å². The van der Waals surface area contributed by atoms with Crippen LogP contribution in [0.15, 0.2) is 59.2 Å². The summed E-state index contributed by atoms with van der Waals surface area (Å²) >= 11 is 0. The second-order valence-electron chi connectivity index (χ2n) is 5.22. The predicted molar refractivity (Wildman–Crippen MR) is 89.4 cm³/mol. The Bertz CT molecular complexity index is 902. The Kier molecular flexibility index (Phi) is 4.70. The monoisotopic (exact) mass is 339 g/mol. The van der Waals surface area contributed by atoms with Crippen LogP contribution < -0.4 is 4.74 Å². The number of ether oxygens (including phenoxy) is 2. The molecule has 2 aromatic carbocycles. The van der Waals surface area contributed by atoms with E-state index in [0.29, 0.717) is 11.3 Å². The summed E-state index contributed by atoms with van der Waals surface area (Å²) in [6.45, 7) is 1.70. The van der Waals surface area contributed by atoms with Crippen LogP contribution in [0.1, 0.15) is 24.5 Å². The summed E-state index contributed by atoms with van der Waals surface area (Å²) < 4.78 is 24.0. The van der Waals surface area contributed by atoms with Gasteiger partial charge in [0.2, 0.25) is 5.90 Å². The molecule has 1 heterocycles. The summed E-state index contributed by atoms with van der Waals surface area (Å²) in [5.41, 5.74) is 0.758. The molecule has 2 aromatic rings. The van der Waals surface area contributed by atoms with Gasteiger partial charge in [-0.15, -0.1) is 0 Å². The highest BCUT2D eigenvalue weighted by Crippen LogP contribution is 2.22. The molecule has 0 saturated heterocycles. The highest BCUT2D eigenvalue weighted by Gasteiger charge is 2.25. The zero-order valence-electron chi connectivity index (χ0n) is 13.4. The van der Waals surface area contributed by atoms with Gasteiger partial charge in [0.25, 0.3) is 0 Å². The van der Waals surface area contributed by atoms with Gasteiger partial charge in [-0.1, -0.05) is 31.2 Å². The molecule has 0 unspecified atom stereocenters. The molecule has 6 heteroatoms. The quantitative estimate of drug-likeness (QED) is 0.486. The van der Waals surface area contributed by atoms with E-state index in [0.717, 1.165) is 0 Å². The third kappa shape index (κ3) is 3.80. The minimum Gasteiger partial charge on any atom is -0.427 e. The second-order valence-corrected chi connectivity index (χ2v) is 5.22. The highest BCUT2D eigenvalue weighted by molar-refractivity contribution is 6.12. The number of hydrogen-bond acceptors (Lipinski definition) is 5. The lowest BCUT2D eigenvalue weighted by molar-refractivity contribution is -0.134. The summed E-state index contributed by atoms with van der Waals surface area (Å²) in [5.74, 6) is -1.27. The average Bonchev–Trinajstić information content (AvgIpc) is 2.96. The Morgan fingerprint density at radius 2 is 2.04 bits per heavy atom. The zero-order valence-corrected chi connectivity index (χ0v) is 13.4. The number of rotatable bonds is 4. The molecule has 0 spiro atoms. The number of carbonyl (C=O) groups is 2. The number of carbonyl (C=O) groups excluding carboxylic acids is 2. The fourth-order valence-corrected chi connectivity index (χ4v) is 2.19. The van der Waals surface area contributed by atoms with Gasteiger partial charge in [-0.05, 0) is 35.9 Å². The molecule has 0 radical (unpaired) electrons. The number of halogens is 1. The van der Waals surface area contributed by atoms with E-state index < -0.39 is 11.8 Å². The minimum absolute atomic E-state index is 0.0391. The Morgan fingerprint density at radius 1 is 1.24 bits per heavy atom. The number of esters is 2. The van der Waals surface area contributed by atoms with Gasteiger partial charge in [0.15, 0.2) is 5.70 Å². The topological polar surface area (TPSA) is 65.0 Å². The highest BCUT2D eigenvalue weighted by atomic mass is 19.1. The molecule has 0 bridgehead atoms. The van der Waals surface area contributed by atoms with Gasteiger partial charge in [-0.3, -0.25) is 4.79 Å². The van der Waals surface area contributed by atoms with Crippen molar-refractivity contribution in [2.24, 2.45) is 4.99 Å². The van der Waals surface area contributed by atoms with Crippen LogP contribution in [0.3, 0.4) is 0 Å². The van der Waals surface area contributed by atoms with E-state index in [1.807, 2.05) is 0 Å². The van der Waals surface area contributed by atoms with Crippen LogP contribution in [-0.2, 0) is 14.3 Å². The van der Waals surface area contributed by atoms with Gasteiger partial charge in [0.1, 0.15) is 11.6 Å². The van der Waals surface area contributed by atoms with Gasteiger partial charge >= 0.3 is 11.9 Å². The fraction of sp³-hybridized carbons (Fsp3) is 0.105. The van der Waals surface area contributed by atoms with Crippen LogP contribution in [0.4, 0.5) is 4.39 Å². The Morgan fingerprint density at radius 3 is 2.80 bits per heavy atom. The van der Waals surface area contributed by atoms with Gasteiger partial charge < -0.3 is 9.47 Å². The van der Waals surface area contributed by atoms with Crippen molar-refractivity contribution in [2.45, 2.75) is 13.3 Å². The normalized spacial score (nSPS) is 15.0. The van der Waals surface area contributed by atoms with E-state index in [1.54, 1.807) is 37.3 Å². The van der Waals surface area contributed by atoms with E-state index in [4.69, 9.17) is 9.47 Å². The fourth-order valence-electron chi connectivity index (χ4n) is 2.19. The summed E-state index contributed by atoms with van der Waals surface area (Å²) in [7, 11) is 0. The number of hydrogen-bond donors (Lipinski definition) is 0. The number of nitrogens with zero attached hydrogens (tertiary/aromatic N) is 1. The van der Waals surface area contributed by atoms with Crippen LogP contribution in [0.25, 0.3) is 6.08 Å². The van der Waals surface area contributed by atoms with Crippen molar-refractivity contribution in [1.82, 2.24) is 0 Å². The maximum absolute atomic E-state index is 13.8. The molecule has 0 amide bonds. The predicted octanol–water partition coefficient (Wildman–Crippen LogP) is 3.49. The first kappa shape index (κ1) is 16.6. The minimum atomic E-state index is -0.672. The smallest absolute Gasteiger partial charge is 0.363 e. The van der Waals surface area contributed by atoms with Crippen LogP contribution in [0.2, 0.25) is 0 Å². The number of aliphatic imine (C=N–C) groups is 1. The molecule has 25 heavy (non-hydrogen) atoms. The number of benzene rings is 2. The van der Waals surface area contributed by atoms with Gasteiger partial charge in [0.05, 0.1) is 5.56 Å². The van der Waals surface area contributed by atoms with E-state index in [9.17, 15) is 14.0 Å². The molecule has 5 nitrogen and oxygen atoms in total. The maximum Gasteiger partial charge on any atom is 0.363 e. The van der Waals surface area contributed by atoms with Crippen LogP contribution in [0, 0.1) is 5.82 Å². The Labute approximate surface area is 143 Å². The summed E-state index contributed by atoms with van der Waals surface area (Å²) in [4.78, 5) is 27.4. The lowest BCUT2D eigenvalue weighted by Gasteiger charge is -2.03. The molecule has 0 N–H and O–H groups in total. The third-order valence-corrected chi connectivity index (χ3v) is 3.41. The first-order valence-corrected chi connectivity index (χ1v) is 7.65. The van der Waals surface area contributed by atoms with Crippen LogP contribution in [0.5, 0.6) is 5.75 Å².